The number of hydrogen-bond donors (Lipinski definition) is 1. The predicted molar refractivity (Wildman–Crippen MR) is 89.7 cm³/mol. The van der Waals surface area contributed by atoms with Gasteiger partial charge in [-0.25, -0.2) is 4.98 Å². The Kier molecular flexibility index (Phi) is 3.15. The molecule has 1 N–H and O–H groups in total. The molecule has 0 fully saturated rings. The highest BCUT2D eigenvalue weighted by Gasteiger charge is 2.11. The second-order valence-electron chi connectivity index (χ2n) is 6.23. The van der Waals surface area contributed by atoms with E-state index in [0.29, 0.717) is 17.0 Å². The van der Waals surface area contributed by atoms with Crippen molar-refractivity contribution in [3.8, 4) is 0 Å². The van der Waals surface area contributed by atoms with E-state index >= 15 is 0 Å². The maximum Gasteiger partial charge on any atom is 0.276 e. The van der Waals surface area contributed by atoms with Crippen molar-refractivity contribution in [2.75, 3.05) is 0 Å². The van der Waals surface area contributed by atoms with Crippen LogP contribution in [0.15, 0.2) is 29.1 Å². The molecule has 0 atom stereocenters. The van der Waals surface area contributed by atoms with Crippen molar-refractivity contribution < 1.29 is 0 Å². The number of fused-ring (bicyclic) bond motifs is 2. The molecule has 0 aliphatic heterocycles. The van der Waals surface area contributed by atoms with Gasteiger partial charge in [0.05, 0.1) is 11.0 Å². The molecule has 3 aromatic rings. The van der Waals surface area contributed by atoms with Crippen molar-refractivity contribution in [2.45, 2.75) is 32.6 Å². The van der Waals surface area contributed by atoms with Gasteiger partial charge in [0, 0.05) is 0 Å². The number of aromatic nitrogens is 4. The summed E-state index contributed by atoms with van der Waals surface area (Å²) in [7, 11) is 0. The van der Waals surface area contributed by atoms with Crippen LogP contribution in [-0.2, 0) is 6.42 Å². The molecule has 116 valence electrons. The Labute approximate surface area is 133 Å². The lowest BCUT2D eigenvalue weighted by molar-refractivity contribution is 0.808. The molecule has 0 radical (unpaired) electrons. The second kappa shape index (κ2) is 5.19. The molecule has 2 aromatic heterocycles. The van der Waals surface area contributed by atoms with E-state index in [-0.39, 0.29) is 5.56 Å². The average molecular weight is 306 g/mol. The lowest BCUT2D eigenvalue weighted by atomic mass is 10.0. The fourth-order valence-electron chi connectivity index (χ4n) is 2.90. The molecule has 5 heteroatoms. The maximum atomic E-state index is 12.2. The van der Waals surface area contributed by atoms with Crippen LogP contribution in [-0.4, -0.2) is 19.6 Å². The van der Waals surface area contributed by atoms with E-state index in [1.54, 1.807) is 4.52 Å². The fraction of sp³-hybridized carbons (Fsp3) is 0.278. The van der Waals surface area contributed by atoms with Gasteiger partial charge < -0.3 is 0 Å². The van der Waals surface area contributed by atoms with Crippen molar-refractivity contribution >= 4 is 17.9 Å². The van der Waals surface area contributed by atoms with Gasteiger partial charge in [-0.15, -0.1) is 0 Å². The van der Waals surface area contributed by atoms with E-state index in [0.717, 1.165) is 29.4 Å². The fourth-order valence-corrected chi connectivity index (χ4v) is 2.90. The van der Waals surface area contributed by atoms with Crippen LogP contribution < -0.4 is 16.3 Å². The molecule has 1 aliphatic rings. The molecule has 0 saturated heterocycles. The summed E-state index contributed by atoms with van der Waals surface area (Å²) in [6.07, 6.45) is 5.76. The van der Waals surface area contributed by atoms with Crippen molar-refractivity contribution in [3.63, 3.8) is 0 Å². The molecule has 5 nitrogen and oxygen atoms in total. The molecule has 23 heavy (non-hydrogen) atoms. The number of aromatic amines is 1. The number of rotatable bonds is 2. The molecule has 1 aromatic carbocycles. The minimum Gasteiger partial charge on any atom is -0.289 e. The lowest BCUT2D eigenvalue weighted by Crippen LogP contribution is -2.28. The molecule has 0 saturated carbocycles. The van der Waals surface area contributed by atoms with E-state index in [1.807, 2.05) is 18.2 Å². The smallest absolute Gasteiger partial charge is 0.276 e. The summed E-state index contributed by atoms with van der Waals surface area (Å²) < 4.78 is 1.62. The highest BCUT2D eigenvalue weighted by molar-refractivity contribution is 5.50. The van der Waals surface area contributed by atoms with Gasteiger partial charge in [-0.05, 0) is 36.0 Å². The molecule has 0 bridgehead atoms. The normalized spacial score (nSPS) is 14.5. The predicted octanol–water partition coefficient (Wildman–Crippen LogP) is 1.10. The quantitative estimate of drug-likeness (QED) is 0.771. The third kappa shape index (κ3) is 2.38. The van der Waals surface area contributed by atoms with Crippen LogP contribution in [0.2, 0.25) is 0 Å². The number of imidazole rings is 1. The third-order valence-electron chi connectivity index (χ3n) is 4.25. The largest absolute Gasteiger partial charge is 0.289 e. The van der Waals surface area contributed by atoms with Crippen molar-refractivity contribution in [2.24, 2.45) is 0 Å². The van der Waals surface area contributed by atoms with Crippen molar-refractivity contribution in [1.82, 2.24) is 19.6 Å². The first-order chi connectivity index (χ1) is 11.1. The summed E-state index contributed by atoms with van der Waals surface area (Å²) in [5, 5.41) is 5.98. The molecule has 1 aliphatic carbocycles. The second-order valence-corrected chi connectivity index (χ2v) is 6.23. The van der Waals surface area contributed by atoms with E-state index in [2.05, 4.69) is 47.1 Å². The summed E-state index contributed by atoms with van der Waals surface area (Å²) in [6.45, 7) is 4.33. The molecular weight excluding hydrogens is 288 g/mol. The van der Waals surface area contributed by atoms with Gasteiger partial charge >= 0.3 is 0 Å². The standard InChI is InChI=1S/C18H18N4O/c1-11(2)13-8-6-12(7-9-13)10-16-17(23)20-18-19-14-4-3-5-15(14)21-22(16)18/h4,6-11H,3,5H2,1-2H3,(H,19,20,23)/b16-10+. The van der Waals surface area contributed by atoms with E-state index in [4.69, 9.17) is 0 Å². The Morgan fingerprint density at radius 3 is 2.78 bits per heavy atom. The van der Waals surface area contributed by atoms with E-state index < -0.39 is 0 Å². The maximum absolute atomic E-state index is 12.2. The third-order valence-corrected chi connectivity index (χ3v) is 4.25. The van der Waals surface area contributed by atoms with Gasteiger partial charge in [-0.1, -0.05) is 44.2 Å². The van der Waals surface area contributed by atoms with Crippen LogP contribution >= 0.6 is 0 Å². The minimum absolute atomic E-state index is 0.165. The summed E-state index contributed by atoms with van der Waals surface area (Å²) in [6, 6.07) is 8.25. The van der Waals surface area contributed by atoms with Gasteiger partial charge in [-0.3, -0.25) is 9.78 Å². The van der Waals surface area contributed by atoms with Crippen LogP contribution in [0.3, 0.4) is 0 Å². The van der Waals surface area contributed by atoms with Gasteiger partial charge in [0.15, 0.2) is 0 Å². The van der Waals surface area contributed by atoms with Crippen molar-refractivity contribution in [1.29, 1.82) is 0 Å². The van der Waals surface area contributed by atoms with Crippen LogP contribution in [0.5, 0.6) is 0 Å². The minimum atomic E-state index is -0.165. The van der Waals surface area contributed by atoms with Gasteiger partial charge in [-0.2, -0.15) is 9.61 Å². The number of benzene rings is 1. The molecular formula is C18H18N4O. The van der Waals surface area contributed by atoms with E-state index in [1.165, 1.54) is 5.56 Å². The monoisotopic (exact) mass is 306 g/mol. The zero-order valence-electron chi connectivity index (χ0n) is 13.2. The number of aryl methyl sites for hydroxylation is 1. The highest BCUT2D eigenvalue weighted by Crippen LogP contribution is 2.14. The first-order valence-corrected chi connectivity index (χ1v) is 7.91. The molecule has 0 unspecified atom stereocenters. The highest BCUT2D eigenvalue weighted by atomic mass is 16.1. The SMILES string of the molecule is CC(C)c1ccc(/C=c2\c(=O)[nH]c3nc4c(nn23)CCC=4)cc1. The van der Waals surface area contributed by atoms with Crippen LogP contribution in [0.4, 0.5) is 0 Å². The summed E-state index contributed by atoms with van der Waals surface area (Å²) in [5.74, 6) is 0.989. The summed E-state index contributed by atoms with van der Waals surface area (Å²) in [5.41, 5.74) is 3.05. The molecule has 0 spiro atoms. The van der Waals surface area contributed by atoms with Gasteiger partial charge in [0.25, 0.3) is 5.56 Å². The Hall–Kier alpha value is -2.69. The summed E-state index contributed by atoms with van der Waals surface area (Å²) in [4.78, 5) is 19.5. The Balaban J connectivity index is 1.90. The Morgan fingerprint density at radius 2 is 2.04 bits per heavy atom. The molecule has 2 heterocycles. The first-order valence-electron chi connectivity index (χ1n) is 7.91. The lowest BCUT2D eigenvalue weighted by Gasteiger charge is -2.04. The topological polar surface area (TPSA) is 63.0 Å². The van der Waals surface area contributed by atoms with Crippen LogP contribution in [0.1, 0.15) is 43.0 Å². The van der Waals surface area contributed by atoms with Gasteiger partial charge in [0.1, 0.15) is 5.35 Å². The number of hydrogen-bond acceptors (Lipinski definition) is 3. The summed E-state index contributed by atoms with van der Waals surface area (Å²) >= 11 is 0. The molecule has 4 rings (SSSR count). The zero-order valence-corrected chi connectivity index (χ0v) is 13.2. The Bertz CT molecular complexity index is 1060. The first kappa shape index (κ1) is 13.9. The zero-order chi connectivity index (χ0) is 16.0. The van der Waals surface area contributed by atoms with E-state index in [9.17, 15) is 4.79 Å². The number of nitrogens with one attached hydrogen (secondary N) is 1. The molecule has 0 amide bonds. The Morgan fingerprint density at radius 1 is 1.26 bits per heavy atom. The number of nitrogens with zero attached hydrogens (tertiary/aromatic N) is 3. The van der Waals surface area contributed by atoms with Gasteiger partial charge in [0.2, 0.25) is 5.78 Å². The van der Waals surface area contributed by atoms with Crippen LogP contribution in [0, 0.1) is 0 Å². The van der Waals surface area contributed by atoms with Crippen molar-refractivity contribution in [3.05, 3.63) is 62.1 Å². The average Bonchev–Trinajstić information content (AvgIpc) is 3.10. The van der Waals surface area contributed by atoms with Crippen LogP contribution in [0.25, 0.3) is 17.9 Å². The number of H-pyrrole nitrogens is 1.